The quantitative estimate of drug-likeness (QED) is 0.509. The summed E-state index contributed by atoms with van der Waals surface area (Å²) in [5, 5.41) is 7.67. The third-order valence-electron chi connectivity index (χ3n) is 5.59. The van der Waals surface area contributed by atoms with Crippen molar-refractivity contribution in [1.82, 2.24) is 24.5 Å². The van der Waals surface area contributed by atoms with Crippen LogP contribution in [0.2, 0.25) is 0 Å². The monoisotopic (exact) mass is 420 g/mol. The van der Waals surface area contributed by atoms with E-state index in [0.717, 1.165) is 42.2 Å². The van der Waals surface area contributed by atoms with Gasteiger partial charge in [0.25, 0.3) is 0 Å². The molecule has 160 valence electrons. The molecule has 4 heterocycles. The molecular formula is C22H24N6O3. The van der Waals surface area contributed by atoms with Crippen molar-refractivity contribution in [3.63, 3.8) is 0 Å². The fourth-order valence-electron chi connectivity index (χ4n) is 4.03. The van der Waals surface area contributed by atoms with Crippen LogP contribution in [0.15, 0.2) is 41.1 Å². The van der Waals surface area contributed by atoms with Crippen molar-refractivity contribution in [2.75, 3.05) is 33.1 Å². The first-order chi connectivity index (χ1) is 15.2. The molecule has 0 unspecified atom stereocenters. The molecule has 0 aliphatic carbocycles. The zero-order chi connectivity index (χ0) is 21.4. The topological polar surface area (TPSA) is 90.0 Å². The van der Waals surface area contributed by atoms with Crippen LogP contribution in [0.1, 0.15) is 16.7 Å². The maximum Gasteiger partial charge on any atom is 0.225 e. The van der Waals surface area contributed by atoms with Crippen molar-refractivity contribution in [3.05, 3.63) is 53.4 Å². The Morgan fingerprint density at radius 2 is 1.97 bits per heavy atom. The fourth-order valence-corrected chi connectivity index (χ4v) is 4.03. The second-order valence-corrected chi connectivity index (χ2v) is 7.44. The van der Waals surface area contributed by atoms with Gasteiger partial charge in [0.2, 0.25) is 11.8 Å². The van der Waals surface area contributed by atoms with Gasteiger partial charge < -0.3 is 19.2 Å². The van der Waals surface area contributed by atoms with Gasteiger partial charge in [-0.15, -0.1) is 5.10 Å². The van der Waals surface area contributed by atoms with Crippen molar-refractivity contribution < 1.29 is 13.9 Å². The zero-order valence-electron chi connectivity index (χ0n) is 17.8. The Morgan fingerprint density at radius 1 is 1.16 bits per heavy atom. The van der Waals surface area contributed by atoms with E-state index < -0.39 is 0 Å². The van der Waals surface area contributed by atoms with Crippen LogP contribution in [0.3, 0.4) is 0 Å². The van der Waals surface area contributed by atoms with Crippen molar-refractivity contribution in [2.45, 2.75) is 19.5 Å². The fraction of sp³-hybridized carbons (Fsp3) is 0.318. The SMILES string of the molecule is CNc1ncc(CN2CCc3cc(OC)c(OC)cc3C2)c2nc(-c3ccco3)nn12. The van der Waals surface area contributed by atoms with Crippen LogP contribution in [0.25, 0.3) is 17.2 Å². The van der Waals surface area contributed by atoms with Crippen LogP contribution in [0.5, 0.6) is 11.5 Å². The molecule has 1 aliphatic heterocycles. The van der Waals surface area contributed by atoms with Gasteiger partial charge in [-0.1, -0.05) is 0 Å². The number of methoxy groups -OCH3 is 2. The summed E-state index contributed by atoms with van der Waals surface area (Å²) in [4.78, 5) is 11.7. The average molecular weight is 420 g/mol. The first-order valence-electron chi connectivity index (χ1n) is 10.1. The lowest BCUT2D eigenvalue weighted by Crippen LogP contribution is -2.30. The van der Waals surface area contributed by atoms with Gasteiger partial charge in [0.15, 0.2) is 22.9 Å². The van der Waals surface area contributed by atoms with Crippen LogP contribution in [0, 0.1) is 0 Å². The Kier molecular flexibility index (Phi) is 4.95. The normalized spacial score (nSPS) is 13.9. The number of nitrogens with zero attached hydrogens (tertiary/aromatic N) is 5. The third kappa shape index (κ3) is 3.46. The van der Waals surface area contributed by atoms with Crippen LogP contribution >= 0.6 is 0 Å². The van der Waals surface area contributed by atoms with Crippen LogP contribution in [-0.4, -0.2) is 52.3 Å². The molecule has 0 fully saturated rings. The van der Waals surface area contributed by atoms with E-state index in [9.17, 15) is 0 Å². The molecule has 9 heteroatoms. The molecule has 0 saturated carbocycles. The molecule has 4 aromatic rings. The van der Waals surface area contributed by atoms with E-state index in [4.69, 9.17) is 18.9 Å². The summed E-state index contributed by atoms with van der Waals surface area (Å²) in [6.07, 6.45) is 4.43. The summed E-state index contributed by atoms with van der Waals surface area (Å²) in [5.41, 5.74) is 4.32. The molecule has 0 amide bonds. The van der Waals surface area contributed by atoms with E-state index in [1.165, 1.54) is 11.1 Å². The summed E-state index contributed by atoms with van der Waals surface area (Å²) in [6, 6.07) is 7.84. The molecular weight excluding hydrogens is 396 g/mol. The number of rotatable bonds is 6. The maximum absolute atomic E-state index is 5.49. The van der Waals surface area contributed by atoms with E-state index in [1.54, 1.807) is 25.0 Å². The highest BCUT2D eigenvalue weighted by Gasteiger charge is 2.22. The Bertz CT molecular complexity index is 1220. The number of hydrogen-bond acceptors (Lipinski definition) is 8. The summed E-state index contributed by atoms with van der Waals surface area (Å²) in [6.45, 7) is 2.46. The number of aromatic nitrogens is 4. The Hall–Kier alpha value is -3.59. The average Bonchev–Trinajstić information content (AvgIpc) is 3.48. The number of ether oxygens (including phenoxy) is 2. The van der Waals surface area contributed by atoms with E-state index in [-0.39, 0.29) is 0 Å². The second-order valence-electron chi connectivity index (χ2n) is 7.44. The molecule has 1 N–H and O–H groups in total. The highest BCUT2D eigenvalue weighted by Crippen LogP contribution is 2.33. The summed E-state index contributed by atoms with van der Waals surface area (Å²) in [7, 11) is 5.15. The number of fused-ring (bicyclic) bond motifs is 2. The number of anilines is 1. The number of nitrogens with one attached hydrogen (secondary N) is 1. The molecule has 0 radical (unpaired) electrons. The molecule has 0 spiro atoms. The number of benzene rings is 1. The second kappa shape index (κ2) is 7.92. The zero-order valence-corrected chi connectivity index (χ0v) is 17.8. The lowest BCUT2D eigenvalue weighted by Gasteiger charge is -2.29. The van der Waals surface area contributed by atoms with Crippen molar-refractivity contribution >= 4 is 11.6 Å². The first-order valence-corrected chi connectivity index (χ1v) is 10.1. The van der Waals surface area contributed by atoms with Gasteiger partial charge in [-0.25, -0.2) is 9.97 Å². The van der Waals surface area contributed by atoms with Crippen molar-refractivity contribution in [1.29, 1.82) is 0 Å². The standard InChI is InChI=1S/C22H24N6O3/c1-23-22-24-11-16(21-25-20(26-28(21)22)17-5-4-8-31-17)13-27-7-6-14-9-18(29-2)19(30-3)10-15(14)12-27/h4-5,8-11H,6-7,12-13H2,1-3H3,(H,23,24). The van der Waals surface area contributed by atoms with Crippen LogP contribution in [0.4, 0.5) is 5.95 Å². The van der Waals surface area contributed by atoms with Crippen LogP contribution < -0.4 is 14.8 Å². The minimum Gasteiger partial charge on any atom is -0.493 e. The van der Waals surface area contributed by atoms with Gasteiger partial charge in [-0.2, -0.15) is 4.52 Å². The van der Waals surface area contributed by atoms with Crippen molar-refractivity contribution in [2.24, 2.45) is 0 Å². The first kappa shape index (κ1) is 19.4. The lowest BCUT2D eigenvalue weighted by molar-refractivity contribution is 0.244. The molecule has 0 saturated heterocycles. The summed E-state index contributed by atoms with van der Waals surface area (Å²) < 4.78 is 18.2. The smallest absolute Gasteiger partial charge is 0.225 e. The molecule has 1 aromatic carbocycles. The molecule has 0 atom stereocenters. The minimum atomic E-state index is 0.538. The van der Waals surface area contributed by atoms with E-state index in [1.807, 2.05) is 25.4 Å². The van der Waals surface area contributed by atoms with Gasteiger partial charge in [0, 0.05) is 38.4 Å². The van der Waals surface area contributed by atoms with Gasteiger partial charge in [-0.3, -0.25) is 4.90 Å². The van der Waals surface area contributed by atoms with Gasteiger partial charge >= 0.3 is 0 Å². The van der Waals surface area contributed by atoms with Crippen molar-refractivity contribution in [3.8, 4) is 23.1 Å². The molecule has 31 heavy (non-hydrogen) atoms. The summed E-state index contributed by atoms with van der Waals surface area (Å²) in [5.74, 6) is 3.33. The summed E-state index contributed by atoms with van der Waals surface area (Å²) >= 11 is 0. The number of furan rings is 1. The Labute approximate surface area is 179 Å². The lowest BCUT2D eigenvalue weighted by atomic mass is 9.98. The predicted molar refractivity (Wildman–Crippen MR) is 115 cm³/mol. The van der Waals surface area contributed by atoms with E-state index in [2.05, 4.69) is 32.4 Å². The van der Waals surface area contributed by atoms with Gasteiger partial charge in [0.1, 0.15) is 0 Å². The van der Waals surface area contributed by atoms with E-state index >= 15 is 0 Å². The minimum absolute atomic E-state index is 0.538. The predicted octanol–water partition coefficient (Wildman–Crippen LogP) is 3.00. The Morgan fingerprint density at radius 3 is 2.68 bits per heavy atom. The van der Waals surface area contributed by atoms with Crippen LogP contribution in [-0.2, 0) is 19.5 Å². The molecule has 1 aliphatic rings. The molecule has 5 rings (SSSR count). The largest absolute Gasteiger partial charge is 0.493 e. The highest BCUT2D eigenvalue weighted by atomic mass is 16.5. The highest BCUT2D eigenvalue weighted by molar-refractivity contribution is 5.58. The third-order valence-corrected chi connectivity index (χ3v) is 5.59. The van der Waals surface area contributed by atoms with E-state index in [0.29, 0.717) is 24.1 Å². The molecule has 3 aromatic heterocycles. The molecule has 9 nitrogen and oxygen atoms in total. The van der Waals surface area contributed by atoms with Gasteiger partial charge in [-0.05, 0) is 41.8 Å². The number of hydrogen-bond donors (Lipinski definition) is 1. The maximum atomic E-state index is 5.49. The Balaban J connectivity index is 1.46. The van der Waals surface area contributed by atoms with Gasteiger partial charge in [0.05, 0.1) is 20.5 Å². The molecule has 0 bridgehead atoms.